The predicted octanol–water partition coefficient (Wildman–Crippen LogP) is 3.36. The van der Waals surface area contributed by atoms with Crippen LogP contribution >= 0.6 is 11.3 Å². The summed E-state index contributed by atoms with van der Waals surface area (Å²) in [6.45, 7) is 5.36. The molecule has 0 aliphatic heterocycles. The van der Waals surface area contributed by atoms with Gasteiger partial charge in [0.15, 0.2) is 11.2 Å². The third-order valence-corrected chi connectivity index (χ3v) is 3.58. The van der Waals surface area contributed by atoms with E-state index in [9.17, 15) is 13.2 Å². The van der Waals surface area contributed by atoms with Crippen LogP contribution in [0.5, 0.6) is 0 Å². The minimum Gasteiger partial charge on any atom is -0.294 e. The SMILES string of the molecule is C=CCN(Cc1s[c]nc1C(F)(F)F)CC1CC1. The second kappa shape index (κ2) is 5.40. The average Bonchev–Trinajstić information content (AvgIpc) is 2.93. The number of alkyl halides is 3. The maximum Gasteiger partial charge on any atom is 0.434 e. The largest absolute Gasteiger partial charge is 0.434 e. The Morgan fingerprint density at radius 1 is 1.50 bits per heavy atom. The Morgan fingerprint density at radius 2 is 2.22 bits per heavy atom. The fourth-order valence-electron chi connectivity index (χ4n) is 1.82. The zero-order chi connectivity index (χ0) is 13.2. The Labute approximate surface area is 108 Å². The second-order valence-corrected chi connectivity index (χ2v) is 5.38. The number of nitrogens with zero attached hydrogens (tertiary/aromatic N) is 2. The number of halogens is 3. The van der Waals surface area contributed by atoms with Gasteiger partial charge in [-0.15, -0.1) is 17.9 Å². The molecule has 1 aliphatic rings. The van der Waals surface area contributed by atoms with Crippen molar-refractivity contribution in [1.82, 2.24) is 9.88 Å². The van der Waals surface area contributed by atoms with Gasteiger partial charge in [0, 0.05) is 19.6 Å². The highest BCUT2D eigenvalue weighted by Gasteiger charge is 2.37. The topological polar surface area (TPSA) is 16.1 Å². The van der Waals surface area contributed by atoms with Crippen molar-refractivity contribution in [1.29, 1.82) is 0 Å². The van der Waals surface area contributed by atoms with Crippen LogP contribution in [0, 0.1) is 11.4 Å². The fraction of sp³-hybridized carbons (Fsp3) is 0.583. The van der Waals surface area contributed by atoms with Crippen molar-refractivity contribution in [3.05, 3.63) is 28.7 Å². The number of rotatable bonds is 6. The summed E-state index contributed by atoms with van der Waals surface area (Å²) in [6, 6.07) is 0. The predicted molar refractivity (Wildman–Crippen MR) is 64.2 cm³/mol. The van der Waals surface area contributed by atoms with Crippen molar-refractivity contribution >= 4 is 11.3 Å². The van der Waals surface area contributed by atoms with Gasteiger partial charge in [-0.05, 0) is 18.8 Å². The highest BCUT2D eigenvalue weighted by Crippen LogP contribution is 2.34. The van der Waals surface area contributed by atoms with E-state index in [1.807, 2.05) is 4.90 Å². The minimum absolute atomic E-state index is 0.241. The molecule has 1 aliphatic carbocycles. The molecule has 0 unspecified atom stereocenters. The van der Waals surface area contributed by atoms with E-state index < -0.39 is 11.9 Å². The van der Waals surface area contributed by atoms with Crippen LogP contribution in [0.1, 0.15) is 23.4 Å². The smallest absolute Gasteiger partial charge is 0.294 e. The van der Waals surface area contributed by atoms with Gasteiger partial charge in [-0.25, -0.2) is 4.98 Å². The average molecular weight is 275 g/mol. The molecule has 0 amide bonds. The lowest BCUT2D eigenvalue weighted by atomic mass is 10.3. The lowest BCUT2D eigenvalue weighted by Gasteiger charge is -2.20. The first kappa shape index (κ1) is 13.5. The Kier molecular flexibility index (Phi) is 4.07. The Bertz CT molecular complexity index is 410. The molecule has 6 heteroatoms. The van der Waals surface area contributed by atoms with Crippen molar-refractivity contribution in [2.45, 2.75) is 25.6 Å². The molecule has 99 valence electrons. The van der Waals surface area contributed by atoms with Crippen LogP contribution in [-0.4, -0.2) is 23.0 Å². The molecule has 0 aromatic carbocycles. The molecule has 1 fully saturated rings. The van der Waals surface area contributed by atoms with Gasteiger partial charge in [0.1, 0.15) is 0 Å². The van der Waals surface area contributed by atoms with Crippen molar-refractivity contribution in [3.63, 3.8) is 0 Å². The van der Waals surface area contributed by atoms with Crippen molar-refractivity contribution in [2.75, 3.05) is 13.1 Å². The Hall–Kier alpha value is -0.880. The van der Waals surface area contributed by atoms with Gasteiger partial charge in [-0.1, -0.05) is 6.08 Å². The summed E-state index contributed by atoms with van der Waals surface area (Å²) in [7, 11) is 0. The molecule has 1 saturated carbocycles. The molecule has 1 aromatic rings. The normalized spacial score (nSPS) is 16.2. The zero-order valence-corrected chi connectivity index (χ0v) is 10.7. The van der Waals surface area contributed by atoms with Crippen molar-refractivity contribution in [3.8, 4) is 0 Å². The van der Waals surface area contributed by atoms with Crippen molar-refractivity contribution in [2.24, 2.45) is 5.92 Å². The summed E-state index contributed by atoms with van der Waals surface area (Å²) < 4.78 is 38.0. The summed E-state index contributed by atoms with van der Waals surface area (Å²) in [5.74, 6) is 0.635. The minimum atomic E-state index is -4.38. The van der Waals surface area contributed by atoms with Crippen LogP contribution in [-0.2, 0) is 12.7 Å². The molecule has 1 radical (unpaired) electrons. The van der Waals surface area contributed by atoms with E-state index in [-0.39, 0.29) is 11.4 Å². The number of hydrogen-bond donors (Lipinski definition) is 0. The van der Waals surface area contributed by atoms with E-state index in [0.29, 0.717) is 12.5 Å². The number of hydrogen-bond acceptors (Lipinski definition) is 3. The Balaban J connectivity index is 2.05. The molecular formula is C12H14F3N2S. The molecular weight excluding hydrogens is 261 g/mol. The fourth-order valence-corrected chi connectivity index (χ4v) is 2.57. The van der Waals surface area contributed by atoms with Crippen LogP contribution < -0.4 is 0 Å². The van der Waals surface area contributed by atoms with Gasteiger partial charge in [0.2, 0.25) is 0 Å². The molecule has 2 nitrogen and oxygen atoms in total. The first-order valence-corrected chi connectivity index (χ1v) is 6.58. The molecule has 0 saturated heterocycles. The molecule has 0 bridgehead atoms. The Morgan fingerprint density at radius 3 is 2.78 bits per heavy atom. The standard InChI is InChI=1S/C12H14F3N2S/c1-2-5-17(6-9-3-4-9)7-10-11(12(13,14)15)16-8-18-10/h2,9H,1,3-7H2. The molecule has 0 atom stereocenters. The van der Waals surface area contributed by atoms with Crippen LogP contribution in [0.2, 0.25) is 0 Å². The van der Waals surface area contributed by atoms with E-state index in [4.69, 9.17) is 0 Å². The third kappa shape index (κ3) is 3.55. The van der Waals surface area contributed by atoms with E-state index in [1.54, 1.807) is 6.08 Å². The summed E-state index contributed by atoms with van der Waals surface area (Å²) >= 11 is 0.946. The molecule has 1 aromatic heterocycles. The number of aromatic nitrogens is 1. The van der Waals surface area contributed by atoms with E-state index in [2.05, 4.69) is 17.1 Å². The molecule has 2 rings (SSSR count). The van der Waals surface area contributed by atoms with Crippen LogP contribution in [0.4, 0.5) is 13.2 Å². The lowest BCUT2D eigenvalue weighted by molar-refractivity contribution is -0.141. The lowest BCUT2D eigenvalue weighted by Crippen LogP contribution is -2.26. The maximum absolute atomic E-state index is 12.7. The summed E-state index contributed by atoms with van der Waals surface area (Å²) in [5.41, 5.74) is 1.55. The van der Waals surface area contributed by atoms with Gasteiger partial charge >= 0.3 is 6.18 Å². The third-order valence-electron chi connectivity index (χ3n) is 2.83. The summed E-state index contributed by atoms with van der Waals surface area (Å²) in [5, 5.41) is 0. The molecule has 1 heterocycles. The molecule has 18 heavy (non-hydrogen) atoms. The van der Waals surface area contributed by atoms with E-state index >= 15 is 0 Å². The van der Waals surface area contributed by atoms with Crippen molar-refractivity contribution < 1.29 is 13.2 Å². The molecule has 0 spiro atoms. The van der Waals surface area contributed by atoms with Gasteiger partial charge in [-0.2, -0.15) is 13.2 Å². The highest BCUT2D eigenvalue weighted by molar-refractivity contribution is 7.09. The second-order valence-electron chi connectivity index (χ2n) is 4.50. The quantitative estimate of drug-likeness (QED) is 0.740. The van der Waals surface area contributed by atoms with Gasteiger partial charge in [0.25, 0.3) is 0 Å². The van der Waals surface area contributed by atoms with Gasteiger partial charge in [0.05, 0.1) is 4.88 Å². The summed E-state index contributed by atoms with van der Waals surface area (Å²) in [6.07, 6.45) is -0.311. The maximum atomic E-state index is 12.7. The van der Waals surface area contributed by atoms with Crippen LogP contribution in [0.3, 0.4) is 0 Å². The number of thiazole rings is 1. The van der Waals surface area contributed by atoms with Crippen LogP contribution in [0.15, 0.2) is 12.7 Å². The first-order chi connectivity index (χ1) is 8.50. The van der Waals surface area contributed by atoms with Crippen LogP contribution in [0.25, 0.3) is 0 Å². The van der Waals surface area contributed by atoms with Gasteiger partial charge < -0.3 is 0 Å². The van der Waals surface area contributed by atoms with Gasteiger partial charge in [-0.3, -0.25) is 4.90 Å². The first-order valence-electron chi connectivity index (χ1n) is 5.77. The van der Waals surface area contributed by atoms with E-state index in [1.165, 1.54) is 12.8 Å². The monoisotopic (exact) mass is 275 g/mol. The molecule has 0 N–H and O–H groups in total. The van der Waals surface area contributed by atoms with E-state index in [0.717, 1.165) is 17.9 Å². The zero-order valence-electron chi connectivity index (χ0n) is 9.83. The summed E-state index contributed by atoms with van der Waals surface area (Å²) in [4.78, 5) is 5.54. The highest BCUT2D eigenvalue weighted by atomic mass is 32.1.